The predicted octanol–water partition coefficient (Wildman–Crippen LogP) is 3.28. The van der Waals surface area contributed by atoms with Crippen molar-refractivity contribution >= 4 is 27.5 Å². The number of carbonyl (C=O) groups excluding carboxylic acids is 3. The highest BCUT2D eigenvalue weighted by molar-refractivity contribution is 7.90. The molecule has 19 atom stereocenters. The summed E-state index contributed by atoms with van der Waals surface area (Å²) in [5.41, 5.74) is -4.48. The van der Waals surface area contributed by atoms with Crippen molar-refractivity contribution in [2.24, 2.45) is 23.7 Å². The van der Waals surface area contributed by atoms with E-state index < -0.39 is 124 Å². The Morgan fingerprint density at radius 2 is 1.54 bits per heavy atom. The molecule has 1 unspecified atom stereocenters. The third-order valence-corrected chi connectivity index (χ3v) is 17.0. The van der Waals surface area contributed by atoms with Gasteiger partial charge in [0.15, 0.2) is 22.4 Å². The molecule has 71 heavy (non-hydrogen) atoms. The first-order valence-corrected chi connectivity index (χ1v) is 27.1. The van der Waals surface area contributed by atoms with Gasteiger partial charge in [-0.2, -0.15) is 0 Å². The second kappa shape index (κ2) is 23.8. The number of benzene rings is 1. The highest BCUT2D eigenvalue weighted by atomic mass is 32.2. The summed E-state index contributed by atoms with van der Waals surface area (Å²) in [5.74, 6) is -4.47. The lowest BCUT2D eigenvalue weighted by atomic mass is 9.74. The number of nitrogens with zero attached hydrogens (tertiary/aromatic N) is 2. The van der Waals surface area contributed by atoms with E-state index in [0.29, 0.717) is 38.2 Å². The van der Waals surface area contributed by atoms with Crippen molar-refractivity contribution in [1.82, 2.24) is 9.80 Å². The predicted molar refractivity (Wildman–Crippen MR) is 260 cm³/mol. The van der Waals surface area contributed by atoms with Gasteiger partial charge in [0.1, 0.15) is 41.5 Å². The van der Waals surface area contributed by atoms with Gasteiger partial charge in [-0.05, 0) is 92.1 Å². The summed E-state index contributed by atoms with van der Waals surface area (Å²) in [7, 11) is 1.43. The molecule has 0 radical (unpaired) electrons. The number of hydrogen-bond donors (Lipinski definition) is 4. The average Bonchev–Trinajstić information content (AvgIpc) is 3.79. The Kier molecular flexibility index (Phi) is 19.8. The van der Waals surface area contributed by atoms with Crippen molar-refractivity contribution < 1.29 is 81.1 Å². The van der Waals surface area contributed by atoms with Gasteiger partial charge in [-0.25, -0.2) is 8.42 Å². The number of rotatable bonds is 14. The number of esters is 1. The molecule has 5 rings (SSSR count). The fourth-order valence-corrected chi connectivity index (χ4v) is 11.7. The standard InChI is InChI=1S/C51H84N2O17S/c1-15-38-51(10,60)44(57)30(4)41(55)28(2)25-50(9,64-13)46(31(5)43(32(6)47(59)68-38)69-40-26-49(8,63-12)45(58)33(7)66-40)70-48-42(56)37(24-29(3)65-48)52(11)22-21-39(54)53-23-20-35(27-53)67-34-16-18-36(19-17-34)71(14,61)62/h16-19,28-33,35,37-38,40,42-46,48,56-58,60H,15,20-27H2,1-14H3/t28-,29-,30+,31+,32-,33+,35?,37+,38-,40+,42-,43+,44-,45+,46-,48-,49-,50-,51-/m1/s1. The van der Waals surface area contributed by atoms with Gasteiger partial charge in [0.2, 0.25) is 5.91 Å². The second-order valence-electron chi connectivity index (χ2n) is 21.5. The van der Waals surface area contributed by atoms with Crippen molar-refractivity contribution in [2.45, 2.75) is 203 Å². The van der Waals surface area contributed by atoms with Crippen LogP contribution in [0.1, 0.15) is 108 Å². The Labute approximate surface area is 421 Å². The molecule has 19 nitrogen and oxygen atoms in total. The molecule has 1 aromatic carbocycles. The zero-order valence-electron chi connectivity index (χ0n) is 44.3. The summed E-state index contributed by atoms with van der Waals surface area (Å²) in [6, 6.07) is 5.66. The van der Waals surface area contributed by atoms with Gasteiger partial charge in [0, 0.05) is 76.6 Å². The van der Waals surface area contributed by atoms with Crippen molar-refractivity contribution in [3.63, 3.8) is 0 Å². The van der Waals surface area contributed by atoms with Crippen LogP contribution >= 0.6 is 0 Å². The van der Waals surface area contributed by atoms with E-state index >= 15 is 0 Å². The maximum Gasteiger partial charge on any atom is 0.311 e. The molecule has 0 saturated carbocycles. The molecular weight excluding hydrogens is 945 g/mol. The van der Waals surface area contributed by atoms with E-state index in [1.165, 1.54) is 40.2 Å². The summed E-state index contributed by atoms with van der Waals surface area (Å²) in [6.07, 6.45) is -8.51. The summed E-state index contributed by atoms with van der Waals surface area (Å²) in [4.78, 5) is 46.1. The average molecular weight is 1030 g/mol. The number of aliphatic hydroxyl groups excluding tert-OH is 3. The van der Waals surface area contributed by atoms with Crippen LogP contribution in [-0.4, -0.2) is 194 Å². The van der Waals surface area contributed by atoms with Crippen LogP contribution in [0.15, 0.2) is 29.2 Å². The lowest BCUT2D eigenvalue weighted by molar-refractivity contribution is -0.319. The Bertz CT molecular complexity index is 2060. The highest BCUT2D eigenvalue weighted by Gasteiger charge is 2.54. The Hall–Kier alpha value is -2.86. The number of sulfone groups is 1. The number of amides is 1. The van der Waals surface area contributed by atoms with Crippen molar-refractivity contribution in [1.29, 1.82) is 0 Å². The molecule has 0 aliphatic carbocycles. The molecule has 406 valence electrons. The number of likely N-dealkylation sites (N-methyl/N-ethyl adjacent to an activating group) is 1. The van der Waals surface area contributed by atoms with E-state index in [0.717, 1.165) is 6.26 Å². The van der Waals surface area contributed by atoms with Crippen LogP contribution in [-0.2, 0) is 57.4 Å². The summed E-state index contributed by atoms with van der Waals surface area (Å²) in [6.45, 7) is 17.9. The fraction of sp³-hybridized carbons (Fsp3) is 0.824. The van der Waals surface area contributed by atoms with Crippen LogP contribution in [0, 0.1) is 23.7 Å². The van der Waals surface area contributed by atoms with Crippen LogP contribution < -0.4 is 4.74 Å². The van der Waals surface area contributed by atoms with E-state index in [1.54, 1.807) is 58.6 Å². The van der Waals surface area contributed by atoms with Gasteiger partial charge in [-0.3, -0.25) is 14.4 Å². The molecule has 1 aromatic rings. The van der Waals surface area contributed by atoms with Gasteiger partial charge in [0.25, 0.3) is 0 Å². The zero-order valence-corrected chi connectivity index (χ0v) is 45.1. The molecule has 0 bridgehead atoms. The molecule has 4 aliphatic rings. The summed E-state index contributed by atoms with van der Waals surface area (Å²) < 4.78 is 74.4. The van der Waals surface area contributed by atoms with Crippen molar-refractivity contribution in [3.8, 4) is 5.75 Å². The number of Topliss-reactive ketones (excluding diaryl/α,β-unsaturated/α-hetero) is 1. The topological polar surface area (TPSA) is 247 Å². The smallest absolute Gasteiger partial charge is 0.311 e. The summed E-state index contributed by atoms with van der Waals surface area (Å²) >= 11 is 0. The van der Waals surface area contributed by atoms with Crippen molar-refractivity contribution in [3.05, 3.63) is 24.3 Å². The van der Waals surface area contributed by atoms with Crippen LogP contribution in [0.3, 0.4) is 0 Å². The van der Waals surface area contributed by atoms with E-state index in [1.807, 2.05) is 25.8 Å². The second-order valence-corrected chi connectivity index (χ2v) is 23.5. The minimum atomic E-state index is -3.35. The number of ether oxygens (including phenoxy) is 8. The molecule has 4 aliphatic heterocycles. The Morgan fingerprint density at radius 3 is 2.13 bits per heavy atom. The van der Waals surface area contributed by atoms with Crippen LogP contribution in [0.4, 0.5) is 0 Å². The lowest BCUT2D eigenvalue weighted by Crippen LogP contribution is -2.61. The molecule has 4 N–H and O–H groups in total. The Morgan fingerprint density at radius 1 is 0.901 bits per heavy atom. The summed E-state index contributed by atoms with van der Waals surface area (Å²) in [5, 5.41) is 46.7. The Balaban J connectivity index is 1.42. The van der Waals surface area contributed by atoms with Gasteiger partial charge in [-0.15, -0.1) is 0 Å². The van der Waals surface area contributed by atoms with E-state index in [2.05, 4.69) is 0 Å². The van der Waals surface area contributed by atoms with E-state index in [-0.39, 0.29) is 48.4 Å². The third-order valence-electron chi connectivity index (χ3n) is 15.9. The largest absolute Gasteiger partial charge is 0.489 e. The quantitative estimate of drug-likeness (QED) is 0.195. The maximum atomic E-state index is 14.4. The van der Waals surface area contributed by atoms with Gasteiger partial charge < -0.3 is 68.1 Å². The first-order valence-electron chi connectivity index (χ1n) is 25.2. The molecule has 20 heteroatoms. The number of ketones is 1. The molecule has 0 aromatic heterocycles. The highest BCUT2D eigenvalue weighted by Crippen LogP contribution is 2.42. The van der Waals surface area contributed by atoms with E-state index in [9.17, 15) is 43.2 Å². The van der Waals surface area contributed by atoms with Crippen LogP contribution in [0.5, 0.6) is 5.75 Å². The normalized spacial score (nSPS) is 41.4. The first-order chi connectivity index (χ1) is 33.0. The number of likely N-dealkylation sites (tertiary alicyclic amines) is 1. The molecule has 4 saturated heterocycles. The van der Waals surface area contributed by atoms with Crippen LogP contribution in [0.25, 0.3) is 0 Å². The SMILES string of the molecule is CC[C@H]1OC(=O)[C@H](C)[C@@H](O[C@H]2C[C@@](C)(OC)[C@@H](O)[C@H](C)O2)[C@H](C)[C@@H](O[C@H]2O[C@H](C)C[C@H](N(C)CCC(=O)N3CCC(Oc4ccc(S(C)(=O)=O)cc4)C3)[C@H]2O)[C@](C)(OC)C[C@@H](C)C(=O)[C@H](C)[C@@H](O)[C@]1(C)O. The lowest BCUT2D eigenvalue weighted by Gasteiger charge is -2.50. The van der Waals surface area contributed by atoms with Gasteiger partial charge in [-0.1, -0.05) is 27.7 Å². The number of methoxy groups -OCH3 is 2. The maximum absolute atomic E-state index is 14.4. The zero-order chi connectivity index (χ0) is 53.1. The van der Waals surface area contributed by atoms with Crippen molar-refractivity contribution in [2.75, 3.05) is 47.2 Å². The van der Waals surface area contributed by atoms with E-state index in [4.69, 9.17) is 37.9 Å². The third kappa shape index (κ3) is 13.5. The van der Waals surface area contributed by atoms with Gasteiger partial charge >= 0.3 is 5.97 Å². The number of hydrogen-bond acceptors (Lipinski definition) is 18. The van der Waals surface area contributed by atoms with Crippen LogP contribution in [0.2, 0.25) is 0 Å². The molecular formula is C51H84N2O17S. The fourth-order valence-electron chi connectivity index (χ4n) is 11.1. The molecule has 1 amide bonds. The number of cyclic esters (lactones) is 1. The monoisotopic (exact) mass is 1030 g/mol. The minimum absolute atomic E-state index is 0.0336. The number of carbonyl (C=O) groups is 3. The molecule has 4 fully saturated rings. The molecule has 0 spiro atoms. The number of aliphatic hydroxyl groups is 4. The molecule has 4 heterocycles. The first kappa shape index (κ1) is 59.0. The van der Waals surface area contributed by atoms with Gasteiger partial charge in [0.05, 0.1) is 59.1 Å². The minimum Gasteiger partial charge on any atom is -0.489 e.